The van der Waals surface area contributed by atoms with E-state index in [2.05, 4.69) is 4.79 Å². The van der Waals surface area contributed by atoms with Crippen molar-refractivity contribution < 1.29 is 14.7 Å². The van der Waals surface area contributed by atoms with Crippen LogP contribution in [0, 0.1) is 0 Å². The Morgan fingerprint density at radius 3 is 2.44 bits per heavy atom. The summed E-state index contributed by atoms with van der Waals surface area (Å²) < 4.78 is 0. The molecule has 0 aliphatic carbocycles. The monoisotopic (exact) mass is 126 g/mol. The first-order chi connectivity index (χ1) is 4.22. The fourth-order valence-electron chi connectivity index (χ4n) is 0.305. The van der Waals surface area contributed by atoms with Gasteiger partial charge < -0.3 is 10.6 Å². The lowest BCUT2D eigenvalue weighted by Gasteiger charge is -1.74. The molecule has 0 aromatic heterocycles. The Morgan fingerprint density at radius 1 is 1.78 bits per heavy atom. The molecule has 0 aromatic carbocycles. The molecular weight excluding hydrogens is 120 g/mol. The molecule has 9 heavy (non-hydrogen) atoms. The van der Waals surface area contributed by atoms with Gasteiger partial charge in [-0.25, -0.2) is 4.79 Å². The maximum atomic E-state index is 9.98. The molecule has 0 unspecified atom stereocenters. The van der Waals surface area contributed by atoms with E-state index in [0.717, 1.165) is 0 Å². The molecule has 0 bridgehead atoms. The van der Waals surface area contributed by atoms with Gasteiger partial charge in [0.05, 0.1) is 0 Å². The first-order valence-corrected chi connectivity index (χ1v) is 2.30. The maximum absolute atomic E-state index is 9.98. The molecule has 48 valence electrons. The second-order valence-electron chi connectivity index (χ2n) is 1.29. The number of carbonyl (C=O) groups is 1. The third kappa shape index (κ3) is 2.41. The highest BCUT2D eigenvalue weighted by molar-refractivity contribution is 6.37. The van der Waals surface area contributed by atoms with Gasteiger partial charge in [-0.05, 0) is 6.92 Å². The van der Waals surface area contributed by atoms with Gasteiger partial charge in [0.1, 0.15) is 0 Å². The second-order valence-corrected chi connectivity index (χ2v) is 1.29. The van der Waals surface area contributed by atoms with Crippen molar-refractivity contribution in [3.63, 3.8) is 0 Å². The van der Waals surface area contributed by atoms with Crippen LogP contribution in [0.2, 0.25) is 0 Å². The number of carboxylic acid groups (broad SMARTS) is 1. The summed E-state index contributed by atoms with van der Waals surface area (Å²) in [4.78, 5) is 12.5. The molecule has 4 nitrogen and oxygen atoms in total. The molecule has 0 aliphatic rings. The summed E-state index contributed by atoms with van der Waals surface area (Å²) in [5, 5.41) is 8.16. The van der Waals surface area contributed by atoms with E-state index in [0.29, 0.717) is 0 Å². The van der Waals surface area contributed by atoms with Crippen LogP contribution in [0.15, 0.2) is 12.2 Å². The van der Waals surface area contributed by atoms with Crippen molar-refractivity contribution >= 4 is 11.7 Å². The largest absolute Gasteiger partial charge is 0.472 e. The van der Waals surface area contributed by atoms with Gasteiger partial charge in [0.15, 0.2) is 0 Å². The van der Waals surface area contributed by atoms with E-state index in [1.54, 1.807) is 6.92 Å². The molecule has 0 rings (SSSR count). The highest BCUT2D eigenvalue weighted by atomic mass is 16.4. The van der Waals surface area contributed by atoms with E-state index < -0.39 is 5.97 Å². The van der Waals surface area contributed by atoms with E-state index in [-0.39, 0.29) is 5.71 Å². The second kappa shape index (κ2) is 3.57. The van der Waals surface area contributed by atoms with Gasteiger partial charge in [-0.15, -0.1) is 0 Å². The normalized spacial score (nSPS) is 9.00. The fourth-order valence-corrected chi connectivity index (χ4v) is 0.305. The molecule has 0 atom stereocenters. The third-order valence-electron chi connectivity index (χ3n) is 0.651. The molecule has 0 radical (unpaired) electrons. The third-order valence-corrected chi connectivity index (χ3v) is 0.651. The Labute approximate surface area is 52.0 Å². The zero-order valence-electron chi connectivity index (χ0n) is 4.90. The van der Waals surface area contributed by atoms with E-state index in [1.807, 2.05) is 0 Å². The number of aliphatic carboxylic acids is 1. The van der Waals surface area contributed by atoms with Crippen molar-refractivity contribution in [1.29, 1.82) is 0 Å². The molecule has 4 heteroatoms. The van der Waals surface area contributed by atoms with Crippen molar-refractivity contribution in [2.75, 3.05) is 0 Å². The van der Waals surface area contributed by atoms with E-state index in [9.17, 15) is 4.79 Å². The maximum Gasteiger partial charge on any atom is 0.419 e. The average Bonchev–Trinajstić information content (AvgIpc) is 1.82. The zero-order valence-corrected chi connectivity index (χ0v) is 4.90. The number of hydrogen-bond acceptors (Lipinski definition) is 1. The predicted octanol–water partition coefficient (Wildman–Crippen LogP) is 0.318. The first-order valence-electron chi connectivity index (χ1n) is 2.30. The lowest BCUT2D eigenvalue weighted by Crippen LogP contribution is -2.10. The van der Waals surface area contributed by atoms with Gasteiger partial charge in [0, 0.05) is 6.08 Å². The van der Waals surface area contributed by atoms with Gasteiger partial charge in [-0.2, -0.15) is 4.79 Å². The summed E-state index contributed by atoms with van der Waals surface area (Å²) in [5.41, 5.74) is 7.62. The summed E-state index contributed by atoms with van der Waals surface area (Å²) in [6, 6.07) is 0. The van der Waals surface area contributed by atoms with Gasteiger partial charge in [-0.1, -0.05) is 6.08 Å². The molecule has 0 aliphatic heterocycles. The number of rotatable bonds is 2. The minimum absolute atomic E-state index is 0.363. The predicted molar refractivity (Wildman–Crippen MR) is 31.1 cm³/mol. The van der Waals surface area contributed by atoms with Crippen LogP contribution in [0.1, 0.15) is 6.92 Å². The van der Waals surface area contributed by atoms with E-state index >= 15 is 0 Å². The molecule has 0 spiro atoms. The topological polar surface area (TPSA) is 73.7 Å². The SMILES string of the molecule is CC=CC(=[N+]=[N-])C(=O)O. The standard InChI is InChI=1S/C5H6N2O2/c1-2-3-4(7-6)5(8)9/h2-3H,1H3,(H,8,9). The van der Waals surface area contributed by atoms with Crippen LogP contribution in [-0.2, 0) is 4.79 Å². The molecule has 0 saturated carbocycles. The number of allylic oxidation sites excluding steroid dienone is 1. The van der Waals surface area contributed by atoms with Crippen LogP contribution >= 0.6 is 0 Å². The summed E-state index contributed by atoms with van der Waals surface area (Å²) in [6.07, 6.45) is 2.67. The quantitative estimate of drug-likeness (QED) is 0.328. The smallest absolute Gasteiger partial charge is 0.419 e. The average molecular weight is 126 g/mol. The lowest BCUT2D eigenvalue weighted by atomic mass is 10.3. The number of hydrogen-bond donors (Lipinski definition) is 1. The van der Waals surface area contributed by atoms with Crippen LogP contribution in [0.5, 0.6) is 0 Å². The van der Waals surface area contributed by atoms with Gasteiger partial charge in [0.2, 0.25) is 0 Å². The highest BCUT2D eigenvalue weighted by Crippen LogP contribution is 1.75. The Bertz CT molecular complexity index is 189. The van der Waals surface area contributed by atoms with Crippen molar-refractivity contribution in [2.45, 2.75) is 6.92 Å². The minimum atomic E-state index is -1.24. The Hall–Kier alpha value is -1.41. The van der Waals surface area contributed by atoms with Crippen molar-refractivity contribution in [2.24, 2.45) is 0 Å². The van der Waals surface area contributed by atoms with Gasteiger partial charge in [0.25, 0.3) is 0 Å². The summed E-state index contributed by atoms with van der Waals surface area (Å²) in [6.45, 7) is 1.63. The Morgan fingerprint density at radius 2 is 2.33 bits per heavy atom. The van der Waals surface area contributed by atoms with Crippen LogP contribution in [0.4, 0.5) is 0 Å². The van der Waals surface area contributed by atoms with Crippen molar-refractivity contribution in [3.05, 3.63) is 17.7 Å². The van der Waals surface area contributed by atoms with Crippen LogP contribution in [-0.4, -0.2) is 21.6 Å². The van der Waals surface area contributed by atoms with Crippen LogP contribution in [0.3, 0.4) is 0 Å². The molecule has 0 saturated heterocycles. The molecular formula is C5H6N2O2. The molecule has 1 N–H and O–H groups in total. The minimum Gasteiger partial charge on any atom is -0.472 e. The molecule has 0 aromatic rings. The fraction of sp³-hybridized carbons (Fsp3) is 0.200. The Balaban J connectivity index is 4.38. The first kappa shape index (κ1) is 7.59. The van der Waals surface area contributed by atoms with Gasteiger partial charge in [-0.3, -0.25) is 0 Å². The molecule has 0 heterocycles. The Kier molecular flexibility index (Phi) is 3.01. The van der Waals surface area contributed by atoms with Crippen LogP contribution < -0.4 is 0 Å². The highest BCUT2D eigenvalue weighted by Gasteiger charge is 2.12. The number of carboxylic acids is 1. The van der Waals surface area contributed by atoms with Crippen molar-refractivity contribution in [1.82, 2.24) is 0 Å². The molecule has 0 amide bonds. The zero-order chi connectivity index (χ0) is 7.28. The van der Waals surface area contributed by atoms with Gasteiger partial charge >= 0.3 is 11.7 Å². The van der Waals surface area contributed by atoms with Crippen molar-refractivity contribution in [3.8, 4) is 0 Å². The van der Waals surface area contributed by atoms with Crippen LogP contribution in [0.25, 0.3) is 5.53 Å². The number of nitrogens with zero attached hydrogens (tertiary/aromatic N) is 2. The van der Waals surface area contributed by atoms with E-state index in [1.165, 1.54) is 12.2 Å². The molecule has 0 fully saturated rings. The summed E-state index contributed by atoms with van der Waals surface area (Å²) in [7, 11) is 0. The lowest BCUT2D eigenvalue weighted by molar-refractivity contribution is -0.133. The van der Waals surface area contributed by atoms with E-state index in [4.69, 9.17) is 10.6 Å². The summed E-state index contributed by atoms with van der Waals surface area (Å²) in [5.74, 6) is -1.24. The summed E-state index contributed by atoms with van der Waals surface area (Å²) >= 11 is 0.